The highest BCUT2D eigenvalue weighted by molar-refractivity contribution is 7.99. The summed E-state index contributed by atoms with van der Waals surface area (Å²) in [4.78, 5) is 0. The van der Waals surface area contributed by atoms with Crippen LogP contribution in [0.4, 0.5) is 5.88 Å². The van der Waals surface area contributed by atoms with E-state index in [1.165, 1.54) is 29.9 Å². The number of nitrogens with zero attached hydrogens (tertiary/aromatic N) is 1. The van der Waals surface area contributed by atoms with E-state index in [-0.39, 0.29) is 0 Å². The van der Waals surface area contributed by atoms with Crippen molar-refractivity contribution in [3.8, 4) is 11.3 Å². The van der Waals surface area contributed by atoms with Crippen molar-refractivity contribution in [3.05, 3.63) is 35.9 Å². The summed E-state index contributed by atoms with van der Waals surface area (Å²) in [5.41, 5.74) is 8.88. The minimum absolute atomic E-state index is 0.365. The molecule has 0 radical (unpaired) electrons. The minimum atomic E-state index is 0.365. The van der Waals surface area contributed by atoms with Gasteiger partial charge in [-0.1, -0.05) is 23.4 Å². The molecule has 0 atom stereocenters. The first-order valence-electron chi connectivity index (χ1n) is 6.23. The van der Waals surface area contributed by atoms with Gasteiger partial charge in [0, 0.05) is 11.6 Å². The molecule has 0 bridgehead atoms. The summed E-state index contributed by atoms with van der Waals surface area (Å²) in [6, 6.07) is 10.4. The fourth-order valence-electron chi connectivity index (χ4n) is 2.41. The molecule has 0 aliphatic carbocycles. The van der Waals surface area contributed by atoms with Gasteiger partial charge in [0.05, 0.1) is 0 Å². The number of thioether (sulfide) groups is 1. The first kappa shape index (κ1) is 11.7. The molecular weight excluding hydrogens is 244 g/mol. The third-order valence-electron chi connectivity index (χ3n) is 3.40. The predicted molar refractivity (Wildman–Crippen MR) is 75.7 cm³/mol. The van der Waals surface area contributed by atoms with Gasteiger partial charge in [-0.15, -0.1) is 0 Å². The zero-order valence-corrected chi connectivity index (χ0v) is 11.0. The van der Waals surface area contributed by atoms with Crippen LogP contribution in [0, 0.1) is 0 Å². The third-order valence-corrected chi connectivity index (χ3v) is 4.45. The molecule has 2 N–H and O–H groups in total. The highest BCUT2D eigenvalue weighted by Gasteiger charge is 2.16. The second kappa shape index (κ2) is 5.06. The van der Waals surface area contributed by atoms with Gasteiger partial charge in [-0.05, 0) is 41.9 Å². The van der Waals surface area contributed by atoms with Crippen molar-refractivity contribution in [2.45, 2.75) is 18.8 Å². The zero-order chi connectivity index (χ0) is 12.4. The first-order chi connectivity index (χ1) is 8.83. The Hall–Kier alpha value is -1.42. The summed E-state index contributed by atoms with van der Waals surface area (Å²) in [5, 5.41) is 3.97. The predicted octanol–water partition coefficient (Wildman–Crippen LogP) is 3.53. The maximum atomic E-state index is 5.56. The molecule has 4 heteroatoms. The van der Waals surface area contributed by atoms with Crippen LogP contribution in [0.15, 0.2) is 34.9 Å². The van der Waals surface area contributed by atoms with Gasteiger partial charge in [-0.3, -0.25) is 0 Å². The van der Waals surface area contributed by atoms with E-state index < -0.39 is 0 Å². The summed E-state index contributed by atoms with van der Waals surface area (Å²) >= 11 is 2.05. The average molecular weight is 260 g/mol. The molecular formula is C14H16N2OS. The average Bonchev–Trinajstić information content (AvgIpc) is 2.87. The third kappa shape index (κ3) is 2.38. The summed E-state index contributed by atoms with van der Waals surface area (Å²) < 4.78 is 4.93. The van der Waals surface area contributed by atoms with Gasteiger partial charge in [0.15, 0.2) is 0 Å². The summed E-state index contributed by atoms with van der Waals surface area (Å²) in [6.07, 6.45) is 2.55. The molecule has 2 aromatic rings. The van der Waals surface area contributed by atoms with Crippen LogP contribution in [0.25, 0.3) is 11.3 Å². The Bertz CT molecular complexity index is 532. The van der Waals surface area contributed by atoms with Crippen molar-refractivity contribution >= 4 is 17.6 Å². The highest BCUT2D eigenvalue weighted by atomic mass is 32.2. The van der Waals surface area contributed by atoms with Crippen LogP contribution < -0.4 is 5.73 Å². The van der Waals surface area contributed by atoms with Crippen LogP contribution >= 0.6 is 11.8 Å². The van der Waals surface area contributed by atoms with E-state index in [1.54, 1.807) is 6.07 Å². The SMILES string of the molecule is Nc1cc(-c2cccc(C3CCSCC3)c2)no1. The molecule has 3 nitrogen and oxygen atoms in total. The molecule has 2 heterocycles. The van der Waals surface area contributed by atoms with Gasteiger partial charge in [0.25, 0.3) is 0 Å². The van der Waals surface area contributed by atoms with Crippen molar-refractivity contribution in [1.82, 2.24) is 5.16 Å². The monoisotopic (exact) mass is 260 g/mol. The highest BCUT2D eigenvalue weighted by Crippen LogP contribution is 2.33. The second-order valence-electron chi connectivity index (χ2n) is 4.63. The van der Waals surface area contributed by atoms with Gasteiger partial charge in [0.2, 0.25) is 5.88 Å². The van der Waals surface area contributed by atoms with Gasteiger partial charge in [-0.2, -0.15) is 11.8 Å². The maximum absolute atomic E-state index is 5.56. The topological polar surface area (TPSA) is 52.0 Å². The fraction of sp³-hybridized carbons (Fsp3) is 0.357. The number of nitrogen functional groups attached to an aromatic ring is 1. The molecule has 3 rings (SSSR count). The molecule has 0 spiro atoms. The molecule has 18 heavy (non-hydrogen) atoms. The molecule has 0 saturated carbocycles. The smallest absolute Gasteiger partial charge is 0.222 e. The maximum Gasteiger partial charge on any atom is 0.222 e. The van der Waals surface area contributed by atoms with E-state index in [2.05, 4.69) is 41.2 Å². The minimum Gasteiger partial charge on any atom is -0.368 e. The zero-order valence-electron chi connectivity index (χ0n) is 10.1. The van der Waals surface area contributed by atoms with Gasteiger partial charge < -0.3 is 10.3 Å². The van der Waals surface area contributed by atoms with Crippen molar-refractivity contribution in [2.24, 2.45) is 0 Å². The van der Waals surface area contributed by atoms with Crippen LogP contribution in [0.5, 0.6) is 0 Å². The summed E-state index contributed by atoms with van der Waals surface area (Å²) in [7, 11) is 0. The van der Waals surface area contributed by atoms with Crippen LogP contribution in [0.2, 0.25) is 0 Å². The Kier molecular flexibility index (Phi) is 3.28. The Balaban J connectivity index is 1.88. The van der Waals surface area contributed by atoms with Crippen LogP contribution in [0.1, 0.15) is 24.3 Å². The standard InChI is InChI=1S/C14H16N2OS/c15-14-9-13(16-17-14)12-3-1-2-11(8-12)10-4-6-18-7-5-10/h1-3,8-10H,4-7,15H2. The van der Waals surface area contributed by atoms with Crippen molar-refractivity contribution in [2.75, 3.05) is 17.2 Å². The number of rotatable bonds is 2. The number of benzene rings is 1. The first-order valence-corrected chi connectivity index (χ1v) is 7.38. The lowest BCUT2D eigenvalue weighted by molar-refractivity contribution is 0.439. The molecule has 1 aliphatic rings. The van der Waals surface area contributed by atoms with E-state index in [0.29, 0.717) is 11.8 Å². The lowest BCUT2D eigenvalue weighted by Crippen LogP contribution is -2.07. The van der Waals surface area contributed by atoms with Gasteiger partial charge in [0.1, 0.15) is 5.69 Å². The van der Waals surface area contributed by atoms with Crippen molar-refractivity contribution in [1.29, 1.82) is 0 Å². The lowest BCUT2D eigenvalue weighted by Gasteiger charge is -2.22. The number of hydrogen-bond acceptors (Lipinski definition) is 4. The van der Waals surface area contributed by atoms with E-state index in [4.69, 9.17) is 10.3 Å². The molecule has 1 aromatic carbocycles. The molecule has 0 amide bonds. The second-order valence-corrected chi connectivity index (χ2v) is 5.85. The molecule has 94 valence electrons. The Morgan fingerprint density at radius 3 is 2.78 bits per heavy atom. The van der Waals surface area contributed by atoms with E-state index in [9.17, 15) is 0 Å². The van der Waals surface area contributed by atoms with Gasteiger partial charge in [-0.25, -0.2) is 0 Å². The number of hydrogen-bond donors (Lipinski definition) is 1. The van der Waals surface area contributed by atoms with Crippen molar-refractivity contribution < 1.29 is 4.52 Å². The molecule has 1 fully saturated rings. The van der Waals surface area contributed by atoms with Crippen LogP contribution in [0.3, 0.4) is 0 Å². The number of aromatic nitrogens is 1. The normalized spacial score (nSPS) is 16.9. The quantitative estimate of drug-likeness (QED) is 0.897. The number of anilines is 1. The Morgan fingerprint density at radius 2 is 2.06 bits per heavy atom. The van der Waals surface area contributed by atoms with Crippen LogP contribution in [-0.2, 0) is 0 Å². The van der Waals surface area contributed by atoms with E-state index in [0.717, 1.165) is 11.3 Å². The van der Waals surface area contributed by atoms with E-state index >= 15 is 0 Å². The summed E-state index contributed by atoms with van der Waals surface area (Å²) in [6.45, 7) is 0. The Labute approximate surface area is 111 Å². The molecule has 0 unspecified atom stereocenters. The van der Waals surface area contributed by atoms with Gasteiger partial charge >= 0.3 is 0 Å². The largest absolute Gasteiger partial charge is 0.368 e. The Morgan fingerprint density at radius 1 is 1.22 bits per heavy atom. The lowest BCUT2D eigenvalue weighted by atomic mass is 9.92. The molecule has 1 aromatic heterocycles. The van der Waals surface area contributed by atoms with Crippen LogP contribution in [-0.4, -0.2) is 16.7 Å². The molecule has 1 saturated heterocycles. The number of nitrogens with two attached hydrogens (primary N) is 1. The fourth-order valence-corrected chi connectivity index (χ4v) is 3.51. The molecule has 1 aliphatic heterocycles. The summed E-state index contributed by atoms with van der Waals surface area (Å²) in [5.74, 6) is 3.59. The van der Waals surface area contributed by atoms with Crippen molar-refractivity contribution in [3.63, 3.8) is 0 Å². The van der Waals surface area contributed by atoms with E-state index in [1.807, 2.05) is 0 Å².